The van der Waals surface area contributed by atoms with Crippen LogP contribution in [0.5, 0.6) is 0 Å². The molecule has 90 valence electrons. The quantitative estimate of drug-likeness (QED) is 0.755. The van der Waals surface area contributed by atoms with Crippen LogP contribution in [0.1, 0.15) is 19.1 Å². The average Bonchev–Trinajstić information content (AvgIpc) is 2.61. The Kier molecular flexibility index (Phi) is 5.55. The van der Waals surface area contributed by atoms with E-state index in [0.29, 0.717) is 26.1 Å². The SMILES string of the molecule is CCOC(=O)CCN(C)Cc1ccc(Br)o1. The van der Waals surface area contributed by atoms with Gasteiger partial charge in [0, 0.05) is 6.54 Å². The fourth-order valence-electron chi connectivity index (χ4n) is 1.30. The molecule has 0 saturated heterocycles. The maximum Gasteiger partial charge on any atom is 0.307 e. The average molecular weight is 290 g/mol. The highest BCUT2D eigenvalue weighted by Gasteiger charge is 2.07. The van der Waals surface area contributed by atoms with Crippen LogP contribution in [0.4, 0.5) is 0 Å². The van der Waals surface area contributed by atoms with Gasteiger partial charge in [0.05, 0.1) is 19.6 Å². The normalized spacial score (nSPS) is 10.8. The van der Waals surface area contributed by atoms with Crippen LogP contribution in [0, 0.1) is 0 Å². The van der Waals surface area contributed by atoms with Gasteiger partial charge < -0.3 is 9.15 Å². The molecule has 16 heavy (non-hydrogen) atoms. The lowest BCUT2D eigenvalue weighted by atomic mass is 10.3. The Bertz CT molecular complexity index is 338. The lowest BCUT2D eigenvalue weighted by Crippen LogP contribution is -2.22. The lowest BCUT2D eigenvalue weighted by Gasteiger charge is -2.14. The number of nitrogens with zero attached hydrogens (tertiary/aromatic N) is 1. The summed E-state index contributed by atoms with van der Waals surface area (Å²) in [7, 11) is 1.94. The van der Waals surface area contributed by atoms with Gasteiger partial charge in [-0.25, -0.2) is 0 Å². The largest absolute Gasteiger partial charge is 0.466 e. The van der Waals surface area contributed by atoms with Gasteiger partial charge in [-0.2, -0.15) is 0 Å². The summed E-state index contributed by atoms with van der Waals surface area (Å²) in [5.74, 6) is 0.716. The number of hydrogen-bond donors (Lipinski definition) is 0. The molecule has 0 bridgehead atoms. The summed E-state index contributed by atoms with van der Waals surface area (Å²) in [6.45, 7) is 3.60. The van der Waals surface area contributed by atoms with E-state index in [1.807, 2.05) is 31.0 Å². The monoisotopic (exact) mass is 289 g/mol. The first-order valence-corrected chi connectivity index (χ1v) is 5.99. The smallest absolute Gasteiger partial charge is 0.307 e. The molecule has 0 amide bonds. The summed E-state index contributed by atoms with van der Waals surface area (Å²) < 4.78 is 10.9. The molecule has 4 nitrogen and oxygen atoms in total. The molecule has 0 aliphatic rings. The molecule has 0 spiro atoms. The van der Waals surface area contributed by atoms with E-state index in [2.05, 4.69) is 15.9 Å². The molecule has 0 aromatic carbocycles. The maximum absolute atomic E-state index is 11.1. The highest BCUT2D eigenvalue weighted by Crippen LogP contribution is 2.15. The number of ether oxygens (including phenoxy) is 1. The Labute approximate surface area is 104 Å². The second-order valence-corrected chi connectivity index (χ2v) is 4.28. The van der Waals surface area contributed by atoms with Crippen molar-refractivity contribution in [3.63, 3.8) is 0 Å². The van der Waals surface area contributed by atoms with Crippen LogP contribution in [0.2, 0.25) is 0 Å². The van der Waals surface area contributed by atoms with Crippen LogP contribution in [0.15, 0.2) is 21.2 Å². The Morgan fingerprint density at radius 3 is 2.88 bits per heavy atom. The standard InChI is InChI=1S/C11H16BrNO3/c1-3-15-11(14)6-7-13(2)8-9-4-5-10(12)16-9/h4-5H,3,6-8H2,1-2H3. The molecule has 1 heterocycles. The highest BCUT2D eigenvalue weighted by molar-refractivity contribution is 9.10. The zero-order chi connectivity index (χ0) is 12.0. The summed E-state index contributed by atoms with van der Waals surface area (Å²) in [6.07, 6.45) is 0.409. The van der Waals surface area contributed by atoms with E-state index in [4.69, 9.17) is 9.15 Å². The number of carbonyl (C=O) groups is 1. The van der Waals surface area contributed by atoms with Crippen molar-refractivity contribution in [3.8, 4) is 0 Å². The van der Waals surface area contributed by atoms with Gasteiger partial charge in [-0.05, 0) is 42.0 Å². The van der Waals surface area contributed by atoms with Gasteiger partial charge >= 0.3 is 5.97 Å². The predicted molar refractivity (Wildman–Crippen MR) is 64.0 cm³/mol. The van der Waals surface area contributed by atoms with Gasteiger partial charge in [-0.1, -0.05) is 0 Å². The first kappa shape index (κ1) is 13.3. The molecule has 1 aromatic heterocycles. The van der Waals surface area contributed by atoms with Crippen molar-refractivity contribution in [2.24, 2.45) is 0 Å². The van der Waals surface area contributed by atoms with Crippen molar-refractivity contribution < 1.29 is 13.9 Å². The third-order valence-corrected chi connectivity index (χ3v) is 2.48. The zero-order valence-electron chi connectivity index (χ0n) is 9.53. The minimum absolute atomic E-state index is 0.157. The zero-order valence-corrected chi connectivity index (χ0v) is 11.1. The Morgan fingerprint density at radius 1 is 1.56 bits per heavy atom. The van der Waals surface area contributed by atoms with E-state index >= 15 is 0 Å². The molecule has 0 aliphatic heterocycles. The van der Waals surface area contributed by atoms with E-state index in [9.17, 15) is 4.79 Å². The van der Waals surface area contributed by atoms with Gasteiger partial charge in [-0.3, -0.25) is 9.69 Å². The van der Waals surface area contributed by atoms with Crippen LogP contribution in [0.25, 0.3) is 0 Å². The summed E-state index contributed by atoms with van der Waals surface area (Å²) >= 11 is 3.25. The van der Waals surface area contributed by atoms with Gasteiger partial charge in [0.2, 0.25) is 0 Å². The van der Waals surface area contributed by atoms with Crippen LogP contribution >= 0.6 is 15.9 Å². The maximum atomic E-state index is 11.1. The van der Waals surface area contributed by atoms with Crippen molar-refractivity contribution >= 4 is 21.9 Å². The van der Waals surface area contributed by atoms with E-state index in [1.54, 1.807) is 0 Å². The van der Waals surface area contributed by atoms with Gasteiger partial charge in [0.15, 0.2) is 4.67 Å². The summed E-state index contributed by atoms with van der Waals surface area (Å²) in [4.78, 5) is 13.1. The topological polar surface area (TPSA) is 42.7 Å². The van der Waals surface area contributed by atoms with Crippen molar-refractivity contribution in [2.45, 2.75) is 19.9 Å². The van der Waals surface area contributed by atoms with Crippen LogP contribution < -0.4 is 0 Å². The molecule has 0 N–H and O–H groups in total. The fourth-order valence-corrected chi connectivity index (χ4v) is 1.64. The molecular formula is C11H16BrNO3. The van der Waals surface area contributed by atoms with Crippen molar-refractivity contribution in [1.29, 1.82) is 0 Å². The molecule has 0 aliphatic carbocycles. The third kappa shape index (κ3) is 4.81. The van der Waals surface area contributed by atoms with Gasteiger partial charge in [0.1, 0.15) is 5.76 Å². The molecule has 1 rings (SSSR count). The minimum atomic E-state index is -0.157. The van der Waals surface area contributed by atoms with Crippen molar-refractivity contribution in [2.75, 3.05) is 20.2 Å². The highest BCUT2D eigenvalue weighted by atomic mass is 79.9. The molecule has 0 unspecified atom stereocenters. The number of furan rings is 1. The number of hydrogen-bond acceptors (Lipinski definition) is 4. The van der Waals surface area contributed by atoms with Crippen molar-refractivity contribution in [1.82, 2.24) is 4.90 Å². The summed E-state index contributed by atoms with van der Waals surface area (Å²) in [5, 5.41) is 0. The Hall–Kier alpha value is -0.810. The van der Waals surface area contributed by atoms with E-state index in [0.717, 1.165) is 10.4 Å². The van der Waals surface area contributed by atoms with Crippen LogP contribution in [-0.4, -0.2) is 31.1 Å². The number of carbonyl (C=O) groups excluding carboxylic acids is 1. The van der Waals surface area contributed by atoms with E-state index < -0.39 is 0 Å². The fraction of sp³-hybridized carbons (Fsp3) is 0.545. The molecule has 0 fully saturated rings. The summed E-state index contributed by atoms with van der Waals surface area (Å²) in [5.41, 5.74) is 0. The van der Waals surface area contributed by atoms with Gasteiger partial charge in [0.25, 0.3) is 0 Å². The van der Waals surface area contributed by atoms with Gasteiger partial charge in [-0.15, -0.1) is 0 Å². The van der Waals surface area contributed by atoms with Crippen molar-refractivity contribution in [3.05, 3.63) is 22.6 Å². The van der Waals surface area contributed by atoms with E-state index in [-0.39, 0.29) is 5.97 Å². The Balaban J connectivity index is 2.25. The van der Waals surface area contributed by atoms with Crippen LogP contribution in [0.3, 0.4) is 0 Å². The second-order valence-electron chi connectivity index (χ2n) is 3.50. The molecule has 0 atom stereocenters. The van der Waals surface area contributed by atoms with E-state index in [1.165, 1.54) is 0 Å². The first-order chi connectivity index (χ1) is 7.61. The van der Waals surface area contributed by atoms with Crippen LogP contribution in [-0.2, 0) is 16.1 Å². The molecule has 1 aromatic rings. The third-order valence-electron chi connectivity index (χ3n) is 2.06. The lowest BCUT2D eigenvalue weighted by molar-refractivity contribution is -0.143. The number of rotatable bonds is 6. The first-order valence-electron chi connectivity index (χ1n) is 5.20. The number of esters is 1. The number of halogens is 1. The predicted octanol–water partition coefficient (Wildman–Crippen LogP) is 2.43. The summed E-state index contributed by atoms with van der Waals surface area (Å²) in [6, 6.07) is 3.76. The minimum Gasteiger partial charge on any atom is -0.466 e. The molecule has 0 radical (unpaired) electrons. The molecular weight excluding hydrogens is 274 g/mol. The molecule has 5 heteroatoms. The second kappa shape index (κ2) is 6.70. The molecule has 0 saturated carbocycles. The Morgan fingerprint density at radius 2 is 2.31 bits per heavy atom.